The summed E-state index contributed by atoms with van der Waals surface area (Å²) in [4.78, 5) is 28.9. The van der Waals surface area contributed by atoms with E-state index in [4.69, 9.17) is 5.73 Å². The number of benzene rings is 1. The lowest BCUT2D eigenvalue weighted by atomic mass is 9.61. The number of aromatic hydroxyl groups is 1. The van der Waals surface area contributed by atoms with Gasteiger partial charge in [0.15, 0.2) is 0 Å². The smallest absolute Gasteiger partial charge is 0.237 e. The van der Waals surface area contributed by atoms with Crippen LogP contribution in [0.3, 0.4) is 0 Å². The van der Waals surface area contributed by atoms with Gasteiger partial charge in [-0.2, -0.15) is 0 Å². The van der Waals surface area contributed by atoms with Crippen LogP contribution in [-0.2, 0) is 21.4 Å². The van der Waals surface area contributed by atoms with Crippen LogP contribution in [0.5, 0.6) is 5.75 Å². The molecule has 0 aromatic heterocycles. The van der Waals surface area contributed by atoms with Crippen LogP contribution in [0.1, 0.15) is 36.8 Å². The number of likely N-dealkylation sites (tertiary alicyclic amines) is 2. The summed E-state index contributed by atoms with van der Waals surface area (Å²) in [6.45, 7) is 2.91. The van der Waals surface area contributed by atoms with Crippen molar-refractivity contribution in [3.05, 3.63) is 29.3 Å². The number of carbonyl (C=O) groups excluding carboxylic acids is 2. The molecule has 5 aliphatic rings. The molecule has 0 radical (unpaired) electrons. The summed E-state index contributed by atoms with van der Waals surface area (Å²) >= 11 is 0. The van der Waals surface area contributed by atoms with Crippen molar-refractivity contribution < 1.29 is 14.7 Å². The number of phenols is 1. The van der Waals surface area contributed by atoms with Crippen LogP contribution in [0.25, 0.3) is 0 Å². The molecule has 2 amide bonds. The van der Waals surface area contributed by atoms with E-state index in [9.17, 15) is 14.7 Å². The summed E-state index contributed by atoms with van der Waals surface area (Å²) in [5.74, 6) is 1.01. The van der Waals surface area contributed by atoms with Gasteiger partial charge in [0.25, 0.3) is 0 Å². The van der Waals surface area contributed by atoms with Crippen molar-refractivity contribution in [2.75, 3.05) is 26.2 Å². The summed E-state index contributed by atoms with van der Waals surface area (Å²) < 4.78 is 0. The van der Waals surface area contributed by atoms with Gasteiger partial charge in [0.1, 0.15) is 5.75 Å². The Labute approximate surface area is 164 Å². The molecule has 148 valence electrons. The van der Waals surface area contributed by atoms with Crippen LogP contribution < -0.4 is 5.73 Å². The lowest BCUT2D eigenvalue weighted by molar-refractivity contribution is -0.142. The van der Waals surface area contributed by atoms with Gasteiger partial charge in [0.05, 0.1) is 6.54 Å². The second kappa shape index (κ2) is 5.29. The van der Waals surface area contributed by atoms with Gasteiger partial charge in [0, 0.05) is 48.8 Å². The van der Waals surface area contributed by atoms with E-state index in [1.807, 2.05) is 6.07 Å². The van der Waals surface area contributed by atoms with Crippen molar-refractivity contribution in [2.24, 2.45) is 23.0 Å². The number of nitrogens with two attached hydrogens (primary N) is 1. The molecule has 1 unspecified atom stereocenters. The molecule has 1 aromatic carbocycles. The van der Waals surface area contributed by atoms with Crippen LogP contribution in [0.15, 0.2) is 18.2 Å². The van der Waals surface area contributed by atoms with Crippen molar-refractivity contribution in [1.29, 1.82) is 0 Å². The SMILES string of the molecule is NC(=O)CN1C[C@H]2[C@@H]3N(CC4CC4)CC34Cc3ccc(O)cc3[C@]2(CC1=O)C4. The Morgan fingerprint density at radius 3 is 2.86 bits per heavy atom. The molecule has 4 fully saturated rings. The first-order valence-electron chi connectivity index (χ1n) is 10.5. The fourth-order valence-electron chi connectivity index (χ4n) is 7.29. The molecule has 6 heteroatoms. The van der Waals surface area contributed by atoms with E-state index in [0.717, 1.165) is 25.3 Å². The van der Waals surface area contributed by atoms with E-state index in [1.54, 1.807) is 11.0 Å². The maximum atomic E-state index is 13.0. The topological polar surface area (TPSA) is 86.9 Å². The number of carbonyl (C=O) groups is 2. The number of piperidine rings is 1. The first-order valence-corrected chi connectivity index (χ1v) is 10.5. The first kappa shape index (κ1) is 16.8. The molecule has 6 rings (SSSR count). The molecule has 2 heterocycles. The molecule has 3 N–H and O–H groups in total. The predicted molar refractivity (Wildman–Crippen MR) is 103 cm³/mol. The summed E-state index contributed by atoms with van der Waals surface area (Å²) in [6.07, 6.45) is 5.18. The maximum Gasteiger partial charge on any atom is 0.237 e. The standard InChI is InChI=1S/C22H27N3O3/c23-18(27)10-24-9-17-20-21(12-25(20)8-13-1-2-13)6-14-3-4-15(26)5-16(14)22(17,11-21)7-19(24)28/h3-5,13,17,20,26H,1-2,6-12H2,(H2,23,27)/t17-,20-,21?,22-/m0/s1. The number of primary amides is 1. The number of phenolic OH excluding ortho intramolecular Hbond substituents is 1. The zero-order chi connectivity index (χ0) is 19.3. The van der Waals surface area contributed by atoms with Crippen LogP contribution >= 0.6 is 0 Å². The Hall–Kier alpha value is -2.08. The molecule has 2 saturated heterocycles. The minimum Gasteiger partial charge on any atom is -0.508 e. The average Bonchev–Trinajstić information content (AvgIpc) is 3.40. The third-order valence-corrected chi connectivity index (χ3v) is 8.24. The van der Waals surface area contributed by atoms with Gasteiger partial charge in [-0.3, -0.25) is 14.5 Å². The van der Waals surface area contributed by atoms with Gasteiger partial charge in [-0.15, -0.1) is 0 Å². The van der Waals surface area contributed by atoms with E-state index in [0.29, 0.717) is 24.9 Å². The van der Waals surface area contributed by atoms with Gasteiger partial charge in [-0.25, -0.2) is 0 Å². The highest BCUT2D eigenvalue weighted by atomic mass is 16.3. The van der Waals surface area contributed by atoms with Crippen molar-refractivity contribution in [1.82, 2.24) is 9.80 Å². The summed E-state index contributed by atoms with van der Waals surface area (Å²) in [7, 11) is 0. The molecular weight excluding hydrogens is 354 g/mol. The molecule has 2 saturated carbocycles. The third-order valence-electron chi connectivity index (χ3n) is 8.24. The minimum atomic E-state index is -0.443. The van der Waals surface area contributed by atoms with E-state index in [1.165, 1.54) is 30.5 Å². The first-order chi connectivity index (χ1) is 13.4. The molecule has 28 heavy (non-hydrogen) atoms. The third kappa shape index (κ3) is 2.12. The van der Waals surface area contributed by atoms with Gasteiger partial charge in [-0.05, 0) is 54.9 Å². The number of rotatable bonds is 4. The molecular formula is C22H27N3O3. The molecule has 2 spiro atoms. The van der Waals surface area contributed by atoms with Crippen LogP contribution in [0.4, 0.5) is 0 Å². The minimum absolute atomic E-state index is 0.0145. The number of amides is 2. The van der Waals surface area contributed by atoms with Crippen LogP contribution in [-0.4, -0.2) is 58.9 Å². The highest BCUT2D eigenvalue weighted by molar-refractivity contribution is 5.86. The van der Waals surface area contributed by atoms with E-state index in [-0.39, 0.29) is 29.0 Å². The molecule has 2 bridgehead atoms. The van der Waals surface area contributed by atoms with Gasteiger partial charge in [0.2, 0.25) is 11.8 Å². The quantitative estimate of drug-likeness (QED) is 0.815. The molecule has 1 aromatic rings. The van der Waals surface area contributed by atoms with E-state index >= 15 is 0 Å². The Bertz CT molecular complexity index is 897. The van der Waals surface area contributed by atoms with Crippen molar-refractivity contribution >= 4 is 11.8 Å². The van der Waals surface area contributed by atoms with Crippen molar-refractivity contribution in [3.8, 4) is 5.75 Å². The molecule has 6 nitrogen and oxygen atoms in total. The fourth-order valence-corrected chi connectivity index (χ4v) is 7.29. The second-order valence-electron chi connectivity index (χ2n) is 10.1. The van der Waals surface area contributed by atoms with Crippen LogP contribution in [0, 0.1) is 17.3 Å². The van der Waals surface area contributed by atoms with Crippen LogP contribution in [0.2, 0.25) is 0 Å². The number of fused-ring (bicyclic) bond motifs is 2. The predicted octanol–water partition coefficient (Wildman–Crippen LogP) is 1.00. The van der Waals surface area contributed by atoms with Crippen molar-refractivity contribution in [3.63, 3.8) is 0 Å². The van der Waals surface area contributed by atoms with E-state index < -0.39 is 5.91 Å². The van der Waals surface area contributed by atoms with Gasteiger partial charge < -0.3 is 15.7 Å². The largest absolute Gasteiger partial charge is 0.508 e. The average molecular weight is 381 g/mol. The highest BCUT2D eigenvalue weighted by Crippen LogP contribution is 2.68. The zero-order valence-electron chi connectivity index (χ0n) is 16.1. The molecule has 2 aliphatic heterocycles. The number of hydrogen-bond donors (Lipinski definition) is 2. The molecule has 3 aliphatic carbocycles. The summed E-state index contributed by atoms with van der Waals surface area (Å²) in [5.41, 5.74) is 7.94. The second-order valence-corrected chi connectivity index (χ2v) is 10.1. The monoisotopic (exact) mass is 381 g/mol. The Morgan fingerprint density at radius 1 is 1.29 bits per heavy atom. The maximum absolute atomic E-state index is 13.0. The summed E-state index contributed by atoms with van der Waals surface area (Å²) in [5, 5.41) is 10.2. The Morgan fingerprint density at radius 2 is 2.11 bits per heavy atom. The number of nitrogens with zero attached hydrogens (tertiary/aromatic N) is 2. The highest BCUT2D eigenvalue weighted by Gasteiger charge is 2.72. The lowest BCUT2D eigenvalue weighted by Crippen LogP contribution is -2.66. The Balaban J connectivity index is 1.44. The van der Waals surface area contributed by atoms with Gasteiger partial charge >= 0.3 is 0 Å². The van der Waals surface area contributed by atoms with Crippen molar-refractivity contribution in [2.45, 2.75) is 43.6 Å². The molecule has 4 atom stereocenters. The van der Waals surface area contributed by atoms with Gasteiger partial charge in [-0.1, -0.05) is 6.07 Å². The summed E-state index contributed by atoms with van der Waals surface area (Å²) in [6, 6.07) is 6.22. The zero-order valence-corrected chi connectivity index (χ0v) is 16.1. The van der Waals surface area contributed by atoms with E-state index in [2.05, 4.69) is 11.0 Å². The normalized spacial score (nSPS) is 38.4. The Kier molecular flexibility index (Phi) is 3.18. The fraction of sp³-hybridized carbons (Fsp3) is 0.636. The lowest BCUT2D eigenvalue weighted by Gasteiger charge is -2.57. The number of hydrogen-bond acceptors (Lipinski definition) is 4.